The standard InChI is InChI=1S/C21H21N7O3/c1-30-21-22-4-2-16(26-21)18-6-14-8-23-19(7-17(14)25-18)27-20(29)15-9-24-28(11-15)10-13-3-5-31-12-13/h2,4,6-9,11,13,25H,3,5,10,12H2,1H3,(H,23,27,29)/t13-/m0/s1. The van der Waals surface area contributed by atoms with E-state index in [-0.39, 0.29) is 5.91 Å². The fourth-order valence-electron chi connectivity index (χ4n) is 3.58. The zero-order chi connectivity index (χ0) is 21.2. The Kier molecular flexibility index (Phi) is 5.04. The van der Waals surface area contributed by atoms with Gasteiger partial charge in [-0.1, -0.05) is 0 Å². The van der Waals surface area contributed by atoms with E-state index >= 15 is 0 Å². The molecule has 10 nitrogen and oxygen atoms in total. The number of carbonyl (C=O) groups excluding carboxylic acids is 1. The molecule has 0 spiro atoms. The number of hydrogen-bond acceptors (Lipinski definition) is 7. The van der Waals surface area contributed by atoms with Gasteiger partial charge in [0.1, 0.15) is 5.82 Å². The second-order valence-electron chi connectivity index (χ2n) is 7.40. The molecule has 4 aromatic rings. The third kappa shape index (κ3) is 4.10. The van der Waals surface area contributed by atoms with E-state index in [1.54, 1.807) is 41.6 Å². The molecule has 5 rings (SSSR count). The number of pyridine rings is 1. The summed E-state index contributed by atoms with van der Waals surface area (Å²) in [7, 11) is 1.52. The molecule has 0 aromatic carbocycles. The second-order valence-corrected chi connectivity index (χ2v) is 7.40. The molecule has 1 fully saturated rings. The van der Waals surface area contributed by atoms with Crippen molar-refractivity contribution in [3.63, 3.8) is 0 Å². The summed E-state index contributed by atoms with van der Waals surface area (Å²) in [6.07, 6.45) is 7.68. The average molecular weight is 419 g/mol. The van der Waals surface area contributed by atoms with E-state index in [9.17, 15) is 4.79 Å². The van der Waals surface area contributed by atoms with Crippen molar-refractivity contribution in [2.24, 2.45) is 5.92 Å². The lowest BCUT2D eigenvalue weighted by molar-refractivity contribution is 0.102. The van der Waals surface area contributed by atoms with Crippen molar-refractivity contribution in [1.82, 2.24) is 29.7 Å². The highest BCUT2D eigenvalue weighted by Gasteiger charge is 2.18. The van der Waals surface area contributed by atoms with Gasteiger partial charge in [0, 0.05) is 49.1 Å². The van der Waals surface area contributed by atoms with Gasteiger partial charge in [-0.25, -0.2) is 9.97 Å². The number of fused-ring (bicyclic) bond motifs is 1. The Morgan fingerprint density at radius 1 is 1.35 bits per heavy atom. The van der Waals surface area contributed by atoms with Crippen molar-refractivity contribution in [3.05, 3.63) is 48.5 Å². The lowest BCUT2D eigenvalue weighted by Gasteiger charge is -2.06. The van der Waals surface area contributed by atoms with Crippen LogP contribution in [0, 0.1) is 5.92 Å². The number of H-pyrrole nitrogens is 1. The van der Waals surface area contributed by atoms with Crippen LogP contribution in [0.5, 0.6) is 6.01 Å². The topological polar surface area (TPSA) is 120 Å². The Balaban J connectivity index is 1.31. The van der Waals surface area contributed by atoms with Crippen LogP contribution in [-0.4, -0.2) is 55.9 Å². The molecule has 0 bridgehead atoms. The first kappa shape index (κ1) is 19.2. The van der Waals surface area contributed by atoms with Crippen LogP contribution in [0.25, 0.3) is 22.3 Å². The number of nitrogens with zero attached hydrogens (tertiary/aromatic N) is 5. The van der Waals surface area contributed by atoms with Crippen LogP contribution in [-0.2, 0) is 11.3 Å². The summed E-state index contributed by atoms with van der Waals surface area (Å²) in [6.45, 7) is 2.28. The van der Waals surface area contributed by atoms with Gasteiger partial charge in [-0.2, -0.15) is 10.1 Å². The molecule has 1 saturated heterocycles. The molecule has 2 N–H and O–H groups in total. The van der Waals surface area contributed by atoms with E-state index in [1.807, 2.05) is 6.07 Å². The molecule has 4 aromatic heterocycles. The van der Waals surface area contributed by atoms with Crippen LogP contribution in [0.3, 0.4) is 0 Å². The molecule has 31 heavy (non-hydrogen) atoms. The largest absolute Gasteiger partial charge is 0.467 e. The quantitative estimate of drug-likeness (QED) is 0.493. The van der Waals surface area contributed by atoms with Crippen molar-refractivity contribution in [1.29, 1.82) is 0 Å². The molecular weight excluding hydrogens is 398 g/mol. The molecule has 1 aliphatic heterocycles. The fourth-order valence-corrected chi connectivity index (χ4v) is 3.58. The highest BCUT2D eigenvalue weighted by atomic mass is 16.5. The maximum atomic E-state index is 12.6. The molecular formula is C21H21N7O3. The van der Waals surface area contributed by atoms with Crippen LogP contribution in [0.1, 0.15) is 16.8 Å². The van der Waals surface area contributed by atoms with Gasteiger partial charge in [0.2, 0.25) is 0 Å². The SMILES string of the molecule is COc1nccc(-c2cc3cnc(NC(=O)c4cnn(C[C@@H]5CCOC5)c4)cc3[nH]2)n1. The van der Waals surface area contributed by atoms with Gasteiger partial charge in [0.25, 0.3) is 5.91 Å². The minimum absolute atomic E-state index is 0.256. The average Bonchev–Trinajstić information content (AvgIpc) is 3.55. The highest BCUT2D eigenvalue weighted by Crippen LogP contribution is 2.24. The number of hydrogen-bond donors (Lipinski definition) is 2. The number of nitrogens with one attached hydrogen (secondary N) is 2. The molecule has 0 unspecified atom stereocenters. The van der Waals surface area contributed by atoms with Crippen molar-refractivity contribution in [3.8, 4) is 17.4 Å². The van der Waals surface area contributed by atoms with E-state index < -0.39 is 0 Å². The Bertz CT molecular complexity index is 1230. The van der Waals surface area contributed by atoms with Crippen LogP contribution < -0.4 is 10.1 Å². The van der Waals surface area contributed by atoms with Gasteiger partial charge in [-0.3, -0.25) is 9.48 Å². The zero-order valence-corrected chi connectivity index (χ0v) is 16.9. The van der Waals surface area contributed by atoms with Crippen molar-refractivity contribution in [2.45, 2.75) is 13.0 Å². The maximum Gasteiger partial charge on any atom is 0.316 e. The summed E-state index contributed by atoms with van der Waals surface area (Å²) >= 11 is 0. The number of aromatic amines is 1. The van der Waals surface area contributed by atoms with Crippen LogP contribution in [0.2, 0.25) is 0 Å². The molecule has 158 valence electrons. The first-order chi connectivity index (χ1) is 15.2. The molecule has 5 heterocycles. The van der Waals surface area contributed by atoms with Crippen molar-refractivity contribution in [2.75, 3.05) is 25.6 Å². The van der Waals surface area contributed by atoms with Crippen LogP contribution in [0.15, 0.2) is 43.0 Å². The number of ether oxygens (including phenoxy) is 2. The Morgan fingerprint density at radius 2 is 2.29 bits per heavy atom. The highest BCUT2D eigenvalue weighted by molar-refractivity contribution is 6.04. The van der Waals surface area contributed by atoms with Crippen molar-refractivity contribution < 1.29 is 14.3 Å². The lowest BCUT2D eigenvalue weighted by atomic mass is 10.1. The smallest absolute Gasteiger partial charge is 0.316 e. The Labute approximate surface area is 177 Å². The van der Waals surface area contributed by atoms with Crippen molar-refractivity contribution >= 4 is 22.6 Å². The van der Waals surface area contributed by atoms with Gasteiger partial charge in [0.15, 0.2) is 0 Å². The van der Waals surface area contributed by atoms with Gasteiger partial charge < -0.3 is 19.8 Å². The Hall–Kier alpha value is -3.79. The summed E-state index contributed by atoms with van der Waals surface area (Å²) in [5.74, 6) is 0.632. The monoisotopic (exact) mass is 419 g/mol. The second kappa shape index (κ2) is 8.15. The minimum atomic E-state index is -0.256. The van der Waals surface area contributed by atoms with Gasteiger partial charge in [-0.05, 0) is 18.6 Å². The maximum absolute atomic E-state index is 12.6. The number of anilines is 1. The molecule has 0 aliphatic carbocycles. The summed E-state index contributed by atoms with van der Waals surface area (Å²) in [5, 5.41) is 8.03. The van der Waals surface area contributed by atoms with E-state index in [4.69, 9.17) is 9.47 Å². The predicted molar refractivity (Wildman–Crippen MR) is 113 cm³/mol. The zero-order valence-electron chi connectivity index (χ0n) is 16.9. The number of carbonyl (C=O) groups is 1. The summed E-state index contributed by atoms with van der Waals surface area (Å²) in [5.41, 5.74) is 2.82. The fraction of sp³-hybridized carbons (Fsp3) is 0.286. The summed E-state index contributed by atoms with van der Waals surface area (Å²) < 4.78 is 12.3. The third-order valence-electron chi connectivity index (χ3n) is 5.20. The van der Waals surface area contributed by atoms with Gasteiger partial charge in [-0.15, -0.1) is 0 Å². The van der Waals surface area contributed by atoms with E-state index in [0.29, 0.717) is 29.0 Å². The molecule has 0 radical (unpaired) electrons. The number of amides is 1. The Morgan fingerprint density at radius 3 is 3.13 bits per heavy atom. The molecule has 1 amide bonds. The van der Waals surface area contributed by atoms with E-state index in [1.165, 1.54) is 7.11 Å². The summed E-state index contributed by atoms with van der Waals surface area (Å²) in [4.78, 5) is 28.6. The number of methoxy groups -OCH3 is 1. The summed E-state index contributed by atoms with van der Waals surface area (Å²) in [6, 6.07) is 5.81. The van der Waals surface area contributed by atoms with Gasteiger partial charge in [0.05, 0.1) is 42.4 Å². The first-order valence-electron chi connectivity index (χ1n) is 9.95. The molecule has 10 heteroatoms. The predicted octanol–water partition coefficient (Wildman–Crippen LogP) is 2.51. The molecule has 1 atom stereocenters. The van der Waals surface area contributed by atoms with E-state index in [0.717, 1.165) is 42.8 Å². The minimum Gasteiger partial charge on any atom is -0.467 e. The molecule has 0 saturated carbocycles. The normalized spacial score (nSPS) is 16.0. The van der Waals surface area contributed by atoms with E-state index in [2.05, 4.69) is 30.4 Å². The van der Waals surface area contributed by atoms with Gasteiger partial charge >= 0.3 is 6.01 Å². The molecule has 1 aliphatic rings. The van der Waals surface area contributed by atoms with Crippen LogP contribution in [0.4, 0.5) is 5.82 Å². The first-order valence-corrected chi connectivity index (χ1v) is 9.95. The number of aromatic nitrogens is 6. The third-order valence-corrected chi connectivity index (χ3v) is 5.20. The number of rotatable bonds is 6. The van der Waals surface area contributed by atoms with Crippen LogP contribution >= 0.6 is 0 Å². The lowest BCUT2D eigenvalue weighted by Crippen LogP contribution is -2.13.